The molecule has 4 rings (SSSR count). The van der Waals surface area contributed by atoms with E-state index in [1.54, 1.807) is 0 Å². The van der Waals surface area contributed by atoms with Crippen LogP contribution in [0.1, 0.15) is 24.0 Å². The van der Waals surface area contributed by atoms with Crippen LogP contribution in [0.4, 0.5) is 10.5 Å². The predicted octanol–water partition coefficient (Wildman–Crippen LogP) is 2.01. The Kier molecular flexibility index (Phi) is 8.58. The van der Waals surface area contributed by atoms with Gasteiger partial charge in [0.1, 0.15) is 0 Å². The van der Waals surface area contributed by atoms with Crippen LogP contribution >= 0.6 is 24.8 Å². The third-order valence-corrected chi connectivity index (χ3v) is 6.04. The summed E-state index contributed by atoms with van der Waals surface area (Å²) in [4.78, 5) is 29.7. The topological polar surface area (TPSA) is 76.1 Å². The van der Waals surface area contributed by atoms with Crippen molar-refractivity contribution < 1.29 is 14.7 Å². The van der Waals surface area contributed by atoms with Gasteiger partial charge < -0.3 is 15.3 Å². The van der Waals surface area contributed by atoms with E-state index >= 15 is 0 Å². The standard InChI is InChI=1S/C20H28N4O3.2ClH/c25-19(26)14-22-9-5-17(6-10-22)23-11-12-24(20(23)27)18-2-1-15-3-7-21-8-4-16(15)13-18;;/h1-2,13,17,21H,3-12,14H2,(H,25,26);2*1H. The van der Waals surface area contributed by atoms with Crippen LogP contribution in [0.3, 0.4) is 0 Å². The molecule has 1 aromatic rings. The molecule has 0 aromatic heterocycles. The maximum absolute atomic E-state index is 13.0. The molecule has 2 saturated heterocycles. The van der Waals surface area contributed by atoms with Gasteiger partial charge in [0.25, 0.3) is 0 Å². The number of benzene rings is 1. The summed E-state index contributed by atoms with van der Waals surface area (Å²) >= 11 is 0. The van der Waals surface area contributed by atoms with E-state index in [1.807, 2.05) is 14.7 Å². The summed E-state index contributed by atoms with van der Waals surface area (Å²) in [6.45, 7) is 5.07. The monoisotopic (exact) mass is 444 g/mol. The van der Waals surface area contributed by atoms with Gasteiger partial charge in [-0.1, -0.05) is 6.07 Å². The number of rotatable bonds is 4. The van der Waals surface area contributed by atoms with Crippen molar-refractivity contribution >= 4 is 42.5 Å². The number of aliphatic carboxylic acids is 1. The minimum Gasteiger partial charge on any atom is -0.480 e. The third kappa shape index (κ3) is 5.34. The van der Waals surface area contributed by atoms with E-state index in [1.165, 1.54) is 11.1 Å². The lowest BCUT2D eigenvalue weighted by Crippen LogP contribution is -2.47. The van der Waals surface area contributed by atoms with Gasteiger partial charge in [0.05, 0.1) is 6.54 Å². The maximum atomic E-state index is 13.0. The molecule has 1 aromatic carbocycles. The Morgan fingerprint density at radius 3 is 2.41 bits per heavy atom. The highest BCUT2D eigenvalue weighted by Gasteiger charge is 2.36. The van der Waals surface area contributed by atoms with Crippen LogP contribution in [0.25, 0.3) is 0 Å². The summed E-state index contributed by atoms with van der Waals surface area (Å²) in [5, 5.41) is 12.4. The number of carboxylic acids is 1. The smallest absolute Gasteiger partial charge is 0.324 e. The van der Waals surface area contributed by atoms with Crippen molar-refractivity contribution in [3.63, 3.8) is 0 Å². The van der Waals surface area contributed by atoms with Gasteiger partial charge in [0.15, 0.2) is 0 Å². The number of piperidine rings is 1. The van der Waals surface area contributed by atoms with E-state index in [-0.39, 0.29) is 43.4 Å². The van der Waals surface area contributed by atoms with Gasteiger partial charge in [-0.2, -0.15) is 0 Å². The van der Waals surface area contributed by atoms with E-state index in [0.717, 1.165) is 70.6 Å². The molecule has 3 aliphatic rings. The highest BCUT2D eigenvalue weighted by Crippen LogP contribution is 2.28. The average molecular weight is 445 g/mol. The van der Waals surface area contributed by atoms with Gasteiger partial charge in [0, 0.05) is 37.9 Å². The first kappa shape index (κ1) is 23.7. The van der Waals surface area contributed by atoms with Crippen LogP contribution in [-0.4, -0.2) is 78.8 Å². The van der Waals surface area contributed by atoms with E-state index in [4.69, 9.17) is 5.11 Å². The third-order valence-electron chi connectivity index (χ3n) is 6.04. The van der Waals surface area contributed by atoms with Crippen molar-refractivity contribution in [2.24, 2.45) is 0 Å². The Hall–Kier alpha value is -1.54. The van der Waals surface area contributed by atoms with Crippen LogP contribution in [0.15, 0.2) is 18.2 Å². The summed E-state index contributed by atoms with van der Waals surface area (Å²) in [6.07, 6.45) is 3.76. The molecule has 2 N–H and O–H groups in total. The van der Waals surface area contributed by atoms with Crippen LogP contribution in [0.5, 0.6) is 0 Å². The summed E-state index contributed by atoms with van der Waals surface area (Å²) in [5.41, 5.74) is 3.75. The zero-order valence-corrected chi connectivity index (χ0v) is 18.1. The Bertz CT molecular complexity index is 726. The highest BCUT2D eigenvalue weighted by molar-refractivity contribution is 5.94. The Labute approximate surface area is 184 Å². The second kappa shape index (κ2) is 10.5. The molecule has 0 radical (unpaired) electrons. The average Bonchev–Trinajstić information content (AvgIpc) is 2.88. The minimum atomic E-state index is -0.782. The summed E-state index contributed by atoms with van der Waals surface area (Å²) in [6, 6.07) is 6.77. The Balaban J connectivity index is 0.00000150. The molecule has 3 heterocycles. The number of anilines is 1. The van der Waals surface area contributed by atoms with Gasteiger partial charge >= 0.3 is 12.0 Å². The van der Waals surface area contributed by atoms with Crippen LogP contribution in [0, 0.1) is 0 Å². The van der Waals surface area contributed by atoms with Crippen LogP contribution in [-0.2, 0) is 17.6 Å². The lowest BCUT2D eigenvalue weighted by molar-refractivity contribution is -0.138. The first-order valence-electron chi connectivity index (χ1n) is 9.96. The number of hydrogen-bond acceptors (Lipinski definition) is 4. The lowest BCUT2D eigenvalue weighted by atomic mass is 10.0. The summed E-state index contributed by atoms with van der Waals surface area (Å²) in [7, 11) is 0. The lowest BCUT2D eigenvalue weighted by Gasteiger charge is -2.35. The quantitative estimate of drug-likeness (QED) is 0.742. The minimum absolute atomic E-state index is 0. The van der Waals surface area contributed by atoms with E-state index in [2.05, 4.69) is 23.5 Å². The highest BCUT2D eigenvalue weighted by atomic mass is 35.5. The van der Waals surface area contributed by atoms with Crippen molar-refractivity contribution in [1.29, 1.82) is 0 Å². The number of nitrogens with one attached hydrogen (secondary N) is 1. The predicted molar refractivity (Wildman–Crippen MR) is 118 cm³/mol. The fourth-order valence-electron chi connectivity index (χ4n) is 4.54. The molecule has 2 fully saturated rings. The first-order valence-corrected chi connectivity index (χ1v) is 9.96. The molecule has 0 aliphatic carbocycles. The van der Waals surface area contributed by atoms with Gasteiger partial charge in [-0.25, -0.2) is 4.79 Å². The van der Waals surface area contributed by atoms with Crippen molar-refractivity contribution in [1.82, 2.24) is 15.1 Å². The SMILES string of the molecule is Cl.Cl.O=C(O)CN1CCC(N2CCN(c3ccc4c(c3)CCNCC4)C2=O)CC1. The molecular formula is C20H30Cl2N4O3. The van der Waals surface area contributed by atoms with Crippen molar-refractivity contribution in [2.75, 3.05) is 50.7 Å². The number of likely N-dealkylation sites (tertiary alicyclic amines) is 1. The Morgan fingerprint density at radius 2 is 1.72 bits per heavy atom. The van der Waals surface area contributed by atoms with Crippen molar-refractivity contribution in [3.8, 4) is 0 Å². The zero-order valence-electron chi connectivity index (χ0n) is 16.5. The molecule has 29 heavy (non-hydrogen) atoms. The summed E-state index contributed by atoms with van der Waals surface area (Å²) < 4.78 is 0. The van der Waals surface area contributed by atoms with Crippen molar-refractivity contribution in [2.45, 2.75) is 31.7 Å². The molecule has 0 unspecified atom stereocenters. The number of amides is 2. The number of fused-ring (bicyclic) bond motifs is 1. The molecule has 0 spiro atoms. The fourth-order valence-corrected chi connectivity index (χ4v) is 4.54. The van der Waals surface area contributed by atoms with E-state index in [9.17, 15) is 9.59 Å². The number of halogens is 2. The van der Waals surface area contributed by atoms with Crippen LogP contribution < -0.4 is 10.2 Å². The molecule has 3 aliphatic heterocycles. The largest absolute Gasteiger partial charge is 0.480 e. The van der Waals surface area contributed by atoms with Gasteiger partial charge in [-0.15, -0.1) is 24.8 Å². The fraction of sp³-hybridized carbons (Fsp3) is 0.600. The number of urea groups is 1. The normalized spacial score (nSPS) is 20.5. The Morgan fingerprint density at radius 1 is 1.03 bits per heavy atom. The molecule has 2 amide bonds. The summed E-state index contributed by atoms with van der Waals surface area (Å²) in [5.74, 6) is -0.782. The van der Waals surface area contributed by atoms with Gasteiger partial charge in [0.2, 0.25) is 0 Å². The molecule has 7 nitrogen and oxygen atoms in total. The number of hydrogen-bond donors (Lipinski definition) is 2. The van der Waals surface area contributed by atoms with Gasteiger partial charge in [-0.05, 0) is 62.0 Å². The van der Waals surface area contributed by atoms with Crippen molar-refractivity contribution in [3.05, 3.63) is 29.3 Å². The number of carbonyl (C=O) groups excluding carboxylic acids is 1. The first-order chi connectivity index (χ1) is 13.1. The van der Waals surface area contributed by atoms with E-state index in [0.29, 0.717) is 0 Å². The maximum Gasteiger partial charge on any atom is 0.324 e. The van der Waals surface area contributed by atoms with E-state index < -0.39 is 5.97 Å². The van der Waals surface area contributed by atoms with Crippen LogP contribution in [0.2, 0.25) is 0 Å². The molecular weight excluding hydrogens is 415 g/mol. The molecule has 162 valence electrons. The van der Waals surface area contributed by atoms with Gasteiger partial charge in [-0.3, -0.25) is 14.6 Å². The molecule has 0 bridgehead atoms. The number of carboxylic acid groups (broad SMARTS) is 1. The molecule has 0 saturated carbocycles. The molecule has 9 heteroatoms. The second-order valence-electron chi connectivity index (χ2n) is 7.73. The number of carbonyl (C=O) groups is 2. The molecule has 0 atom stereocenters. The zero-order chi connectivity index (χ0) is 18.8. The number of nitrogens with zero attached hydrogens (tertiary/aromatic N) is 3. The second-order valence-corrected chi connectivity index (χ2v) is 7.73.